The van der Waals surface area contributed by atoms with E-state index in [1.54, 1.807) is 0 Å². The summed E-state index contributed by atoms with van der Waals surface area (Å²) in [6, 6.07) is 5.90. The van der Waals surface area contributed by atoms with Gasteiger partial charge in [-0.3, -0.25) is 4.79 Å². The zero-order valence-corrected chi connectivity index (χ0v) is 12.7. The molecule has 114 valence electrons. The fraction of sp³-hybridized carbons (Fsp3) is 0.438. The second kappa shape index (κ2) is 4.83. The summed E-state index contributed by atoms with van der Waals surface area (Å²) in [4.78, 5) is 14.6. The van der Waals surface area contributed by atoms with Crippen LogP contribution in [0.4, 0.5) is 0 Å². The monoisotopic (exact) mass is 298 g/mol. The van der Waals surface area contributed by atoms with Gasteiger partial charge in [0.15, 0.2) is 5.82 Å². The summed E-state index contributed by atoms with van der Waals surface area (Å²) in [7, 11) is 0. The molecule has 0 saturated heterocycles. The third-order valence-electron chi connectivity index (χ3n) is 4.42. The summed E-state index contributed by atoms with van der Waals surface area (Å²) >= 11 is 0. The lowest BCUT2D eigenvalue weighted by Gasteiger charge is -2.32. The number of fused-ring (bicyclic) bond motifs is 2. The van der Waals surface area contributed by atoms with Crippen LogP contribution in [0.25, 0.3) is 0 Å². The first-order chi connectivity index (χ1) is 10.6. The van der Waals surface area contributed by atoms with Gasteiger partial charge in [0.05, 0.1) is 19.2 Å². The predicted molar refractivity (Wildman–Crippen MR) is 79.9 cm³/mol. The molecule has 0 aliphatic carbocycles. The Kier molecular flexibility index (Phi) is 2.92. The van der Waals surface area contributed by atoms with Gasteiger partial charge in [0.2, 0.25) is 0 Å². The fourth-order valence-electron chi connectivity index (χ4n) is 3.39. The third kappa shape index (κ3) is 1.98. The van der Waals surface area contributed by atoms with Crippen LogP contribution in [0.5, 0.6) is 5.75 Å². The van der Waals surface area contributed by atoms with Gasteiger partial charge in [-0.1, -0.05) is 0 Å². The van der Waals surface area contributed by atoms with Crippen LogP contribution in [0.1, 0.15) is 40.5 Å². The third-order valence-corrected chi connectivity index (χ3v) is 4.42. The molecular formula is C16H18N4O2. The smallest absolute Gasteiger partial charge is 0.254 e. The van der Waals surface area contributed by atoms with Gasteiger partial charge in [0.1, 0.15) is 11.6 Å². The van der Waals surface area contributed by atoms with Crippen LogP contribution in [0.15, 0.2) is 18.2 Å². The summed E-state index contributed by atoms with van der Waals surface area (Å²) in [6.45, 7) is 5.94. The molecule has 4 rings (SSSR count). The molecule has 2 aromatic rings. The van der Waals surface area contributed by atoms with E-state index in [9.17, 15) is 4.79 Å². The summed E-state index contributed by atoms with van der Waals surface area (Å²) in [5, 5.41) is 8.31. The van der Waals surface area contributed by atoms with E-state index >= 15 is 0 Å². The van der Waals surface area contributed by atoms with Gasteiger partial charge in [0.25, 0.3) is 5.91 Å². The van der Waals surface area contributed by atoms with E-state index in [4.69, 9.17) is 4.74 Å². The van der Waals surface area contributed by atoms with Crippen molar-refractivity contribution >= 4 is 5.91 Å². The number of benzene rings is 1. The number of carbonyl (C=O) groups is 1. The number of amides is 1. The highest BCUT2D eigenvalue weighted by molar-refractivity contribution is 5.94. The van der Waals surface area contributed by atoms with Crippen LogP contribution in [-0.2, 0) is 13.0 Å². The van der Waals surface area contributed by atoms with Crippen LogP contribution < -0.4 is 4.74 Å². The maximum Gasteiger partial charge on any atom is 0.254 e. The number of aromatic nitrogens is 3. The lowest BCUT2D eigenvalue weighted by Crippen LogP contribution is -2.40. The highest BCUT2D eigenvalue weighted by Crippen LogP contribution is 2.28. The molecule has 0 spiro atoms. The van der Waals surface area contributed by atoms with Crippen LogP contribution in [0.2, 0.25) is 0 Å². The molecule has 6 nitrogen and oxygen atoms in total. The Morgan fingerprint density at radius 2 is 2.23 bits per heavy atom. The van der Waals surface area contributed by atoms with Gasteiger partial charge in [-0.2, -0.15) is 0 Å². The molecule has 0 saturated carbocycles. The molecule has 0 N–H and O–H groups in total. The Morgan fingerprint density at radius 3 is 3.09 bits per heavy atom. The first-order valence-corrected chi connectivity index (χ1v) is 7.59. The predicted octanol–water partition coefficient (Wildman–Crippen LogP) is 1.74. The number of nitrogens with zero attached hydrogens (tertiary/aromatic N) is 4. The van der Waals surface area contributed by atoms with Crippen LogP contribution in [0, 0.1) is 6.92 Å². The van der Waals surface area contributed by atoms with E-state index < -0.39 is 0 Å². The van der Waals surface area contributed by atoms with Crippen molar-refractivity contribution in [2.75, 3.05) is 13.2 Å². The molecule has 22 heavy (non-hydrogen) atoms. The van der Waals surface area contributed by atoms with Crippen molar-refractivity contribution in [3.8, 4) is 5.75 Å². The van der Waals surface area contributed by atoms with Gasteiger partial charge in [0, 0.05) is 18.5 Å². The molecule has 1 aromatic carbocycles. The van der Waals surface area contributed by atoms with Crippen molar-refractivity contribution in [2.45, 2.75) is 32.9 Å². The van der Waals surface area contributed by atoms with Crippen molar-refractivity contribution in [1.82, 2.24) is 19.7 Å². The van der Waals surface area contributed by atoms with E-state index in [0.717, 1.165) is 34.9 Å². The highest BCUT2D eigenvalue weighted by Gasteiger charge is 2.29. The van der Waals surface area contributed by atoms with E-state index in [1.165, 1.54) is 0 Å². The Labute approximate surface area is 128 Å². The van der Waals surface area contributed by atoms with Crippen molar-refractivity contribution < 1.29 is 9.53 Å². The number of ether oxygens (including phenoxy) is 1. The largest absolute Gasteiger partial charge is 0.493 e. The van der Waals surface area contributed by atoms with Gasteiger partial charge in [-0.05, 0) is 37.6 Å². The van der Waals surface area contributed by atoms with Crippen molar-refractivity contribution in [1.29, 1.82) is 0 Å². The average molecular weight is 298 g/mol. The summed E-state index contributed by atoms with van der Waals surface area (Å²) in [6.07, 6.45) is 0.875. The van der Waals surface area contributed by atoms with Gasteiger partial charge in [-0.15, -0.1) is 10.2 Å². The van der Waals surface area contributed by atoms with Crippen molar-refractivity contribution in [2.24, 2.45) is 0 Å². The zero-order chi connectivity index (χ0) is 15.3. The normalized spacial score (nSPS) is 19.5. The average Bonchev–Trinajstić information content (AvgIpc) is 3.12. The number of carbonyl (C=O) groups excluding carboxylic acids is 1. The lowest BCUT2D eigenvalue weighted by atomic mass is 10.1. The van der Waals surface area contributed by atoms with Crippen LogP contribution in [-0.4, -0.2) is 38.7 Å². The van der Waals surface area contributed by atoms with Crippen LogP contribution >= 0.6 is 0 Å². The van der Waals surface area contributed by atoms with Gasteiger partial charge < -0.3 is 14.2 Å². The second-order valence-corrected chi connectivity index (χ2v) is 5.99. The molecule has 1 amide bonds. The minimum absolute atomic E-state index is 0.0495. The van der Waals surface area contributed by atoms with E-state index in [2.05, 4.69) is 21.7 Å². The minimum atomic E-state index is 0.0495. The van der Waals surface area contributed by atoms with E-state index in [1.807, 2.05) is 30.0 Å². The molecular weight excluding hydrogens is 280 g/mol. The lowest BCUT2D eigenvalue weighted by molar-refractivity contribution is 0.0680. The summed E-state index contributed by atoms with van der Waals surface area (Å²) in [5.74, 6) is 2.71. The van der Waals surface area contributed by atoms with Crippen molar-refractivity contribution in [3.63, 3.8) is 0 Å². The van der Waals surface area contributed by atoms with E-state index in [-0.39, 0.29) is 11.9 Å². The first kappa shape index (κ1) is 13.3. The molecule has 1 aromatic heterocycles. The Hall–Kier alpha value is -2.37. The molecule has 2 aliphatic rings. The molecule has 0 fully saturated rings. The fourth-order valence-corrected chi connectivity index (χ4v) is 3.39. The molecule has 0 bridgehead atoms. The molecule has 1 atom stereocenters. The Balaban J connectivity index is 1.61. The topological polar surface area (TPSA) is 60.2 Å². The van der Waals surface area contributed by atoms with Gasteiger partial charge in [-0.25, -0.2) is 0 Å². The van der Waals surface area contributed by atoms with Gasteiger partial charge >= 0.3 is 0 Å². The summed E-state index contributed by atoms with van der Waals surface area (Å²) < 4.78 is 7.61. The standard InChI is InChI=1S/C16H18N4O2/c1-10-8-19(9-15-18-17-11(2)20(10)15)16(21)13-3-4-14-12(7-13)5-6-22-14/h3-4,7,10H,5-6,8-9H2,1-2H3/t10-/m1/s1. The molecule has 0 unspecified atom stereocenters. The number of aryl methyl sites for hydroxylation is 1. The quantitative estimate of drug-likeness (QED) is 0.804. The molecule has 2 aliphatic heterocycles. The van der Waals surface area contributed by atoms with E-state index in [0.29, 0.717) is 19.7 Å². The Bertz CT molecular complexity index is 753. The van der Waals surface area contributed by atoms with Crippen molar-refractivity contribution in [3.05, 3.63) is 41.0 Å². The second-order valence-electron chi connectivity index (χ2n) is 5.99. The zero-order valence-electron chi connectivity index (χ0n) is 12.7. The minimum Gasteiger partial charge on any atom is -0.493 e. The molecule has 3 heterocycles. The first-order valence-electron chi connectivity index (χ1n) is 7.59. The molecule has 0 radical (unpaired) electrons. The van der Waals surface area contributed by atoms with Crippen LogP contribution in [0.3, 0.4) is 0 Å². The SMILES string of the molecule is Cc1nnc2n1[C@H](C)CN(C(=O)c1ccc3c(c1)CCO3)C2. The molecule has 6 heteroatoms. The Morgan fingerprint density at radius 1 is 1.36 bits per heavy atom. The highest BCUT2D eigenvalue weighted by atomic mass is 16.5. The number of rotatable bonds is 1. The number of hydrogen-bond donors (Lipinski definition) is 0. The number of hydrogen-bond acceptors (Lipinski definition) is 4. The maximum absolute atomic E-state index is 12.8. The summed E-state index contributed by atoms with van der Waals surface area (Å²) in [5.41, 5.74) is 1.84. The maximum atomic E-state index is 12.8.